The summed E-state index contributed by atoms with van der Waals surface area (Å²) in [6, 6.07) is 3.15. The van der Waals surface area contributed by atoms with E-state index in [1.165, 1.54) is 13.2 Å². The van der Waals surface area contributed by atoms with E-state index in [1.807, 2.05) is 0 Å². The third kappa shape index (κ3) is 2.37. The lowest BCUT2D eigenvalue weighted by molar-refractivity contribution is 0.403. The number of methoxy groups -OCH3 is 1. The highest BCUT2D eigenvalue weighted by molar-refractivity contribution is 9.10. The normalized spacial score (nSPS) is 9.92. The maximum Gasteiger partial charge on any atom is 0.492 e. The van der Waals surface area contributed by atoms with Gasteiger partial charge in [-0.3, -0.25) is 0 Å². The summed E-state index contributed by atoms with van der Waals surface area (Å²) in [4.78, 5) is 0. The number of benzene rings is 1. The van der Waals surface area contributed by atoms with Crippen molar-refractivity contribution in [2.24, 2.45) is 0 Å². The number of hydrogen-bond donors (Lipinski definition) is 2. The zero-order valence-electron chi connectivity index (χ0n) is 6.79. The van der Waals surface area contributed by atoms with Gasteiger partial charge in [-0.25, -0.2) is 0 Å². The predicted molar refractivity (Wildman–Crippen MR) is 55.5 cm³/mol. The van der Waals surface area contributed by atoms with E-state index in [1.54, 1.807) is 6.07 Å². The van der Waals surface area contributed by atoms with E-state index < -0.39 is 7.12 Å². The standard InChI is InChI=1S/C7H7BBrClO3/c1-13-7-5(8(11)12)2-4(9)3-6(7)10/h2-3,11-12H,1H3. The van der Waals surface area contributed by atoms with Gasteiger partial charge >= 0.3 is 7.12 Å². The Balaban J connectivity index is 3.29. The lowest BCUT2D eigenvalue weighted by Crippen LogP contribution is -2.31. The van der Waals surface area contributed by atoms with Crippen LogP contribution in [0.1, 0.15) is 0 Å². The Morgan fingerprint density at radius 2 is 2.08 bits per heavy atom. The predicted octanol–water partition coefficient (Wildman–Crippen LogP) is 0.791. The molecule has 3 nitrogen and oxygen atoms in total. The minimum Gasteiger partial charge on any atom is -0.496 e. The molecule has 70 valence electrons. The second kappa shape index (κ2) is 4.33. The van der Waals surface area contributed by atoms with Gasteiger partial charge in [-0.1, -0.05) is 27.5 Å². The summed E-state index contributed by atoms with van der Waals surface area (Å²) < 4.78 is 5.59. The van der Waals surface area contributed by atoms with Crippen LogP contribution in [0.25, 0.3) is 0 Å². The Kier molecular flexibility index (Phi) is 3.61. The minimum atomic E-state index is -1.59. The summed E-state index contributed by atoms with van der Waals surface area (Å²) in [5.41, 5.74) is 0.238. The topological polar surface area (TPSA) is 49.7 Å². The first-order valence-electron chi connectivity index (χ1n) is 3.45. The average molecular weight is 265 g/mol. The van der Waals surface area contributed by atoms with Gasteiger partial charge in [0.1, 0.15) is 5.75 Å². The van der Waals surface area contributed by atoms with Crippen LogP contribution < -0.4 is 10.2 Å². The molecular weight excluding hydrogens is 258 g/mol. The van der Waals surface area contributed by atoms with Gasteiger partial charge in [-0.15, -0.1) is 0 Å². The van der Waals surface area contributed by atoms with Crippen LogP contribution in [-0.4, -0.2) is 24.3 Å². The molecule has 0 saturated carbocycles. The van der Waals surface area contributed by atoms with Gasteiger partial charge in [0.15, 0.2) is 0 Å². The highest BCUT2D eigenvalue weighted by atomic mass is 79.9. The van der Waals surface area contributed by atoms with Crippen LogP contribution in [0, 0.1) is 0 Å². The quantitative estimate of drug-likeness (QED) is 0.777. The molecule has 2 N–H and O–H groups in total. The molecular formula is C7H7BBrClO3. The van der Waals surface area contributed by atoms with Gasteiger partial charge in [-0.2, -0.15) is 0 Å². The first-order chi connectivity index (χ1) is 6.06. The number of rotatable bonds is 2. The van der Waals surface area contributed by atoms with Crippen LogP contribution >= 0.6 is 27.5 Å². The van der Waals surface area contributed by atoms with Crippen molar-refractivity contribution in [1.82, 2.24) is 0 Å². The SMILES string of the molecule is COc1c(Cl)cc(Br)cc1B(O)O. The molecule has 0 aliphatic rings. The molecule has 0 saturated heterocycles. The molecule has 0 atom stereocenters. The zero-order chi connectivity index (χ0) is 10.0. The largest absolute Gasteiger partial charge is 0.496 e. The minimum absolute atomic E-state index is 0.238. The maximum absolute atomic E-state index is 8.98. The smallest absolute Gasteiger partial charge is 0.492 e. The monoisotopic (exact) mass is 264 g/mol. The lowest BCUT2D eigenvalue weighted by Gasteiger charge is -2.09. The highest BCUT2D eigenvalue weighted by Gasteiger charge is 2.19. The highest BCUT2D eigenvalue weighted by Crippen LogP contribution is 2.25. The van der Waals surface area contributed by atoms with Gasteiger partial charge in [0, 0.05) is 9.94 Å². The molecule has 6 heteroatoms. The van der Waals surface area contributed by atoms with E-state index in [4.69, 9.17) is 26.4 Å². The maximum atomic E-state index is 8.98. The molecule has 0 bridgehead atoms. The summed E-state index contributed by atoms with van der Waals surface area (Å²) in [5, 5.41) is 18.3. The Hall–Kier alpha value is -0.225. The van der Waals surface area contributed by atoms with E-state index in [-0.39, 0.29) is 11.2 Å². The van der Waals surface area contributed by atoms with Gasteiger partial charge in [0.2, 0.25) is 0 Å². The summed E-state index contributed by atoms with van der Waals surface area (Å²) in [6.45, 7) is 0. The van der Waals surface area contributed by atoms with Crippen molar-refractivity contribution in [3.63, 3.8) is 0 Å². The fraction of sp³-hybridized carbons (Fsp3) is 0.143. The van der Waals surface area contributed by atoms with Gasteiger partial charge in [0.05, 0.1) is 12.1 Å². The Morgan fingerprint density at radius 3 is 2.54 bits per heavy atom. The molecule has 0 fully saturated rings. The van der Waals surface area contributed by atoms with E-state index in [0.717, 1.165) is 0 Å². The number of hydrogen-bond acceptors (Lipinski definition) is 3. The molecule has 1 rings (SSSR count). The third-order valence-electron chi connectivity index (χ3n) is 1.52. The first-order valence-corrected chi connectivity index (χ1v) is 4.62. The lowest BCUT2D eigenvalue weighted by atomic mass is 9.79. The molecule has 13 heavy (non-hydrogen) atoms. The Bertz CT molecular complexity index is 319. The average Bonchev–Trinajstić information content (AvgIpc) is 2.02. The molecule has 0 heterocycles. The fourth-order valence-corrected chi connectivity index (χ4v) is 1.90. The van der Waals surface area contributed by atoms with Crippen LogP contribution in [0.3, 0.4) is 0 Å². The molecule has 0 unspecified atom stereocenters. The summed E-state index contributed by atoms with van der Waals surface area (Å²) in [5.74, 6) is 0.278. The van der Waals surface area contributed by atoms with Crippen molar-refractivity contribution < 1.29 is 14.8 Å². The van der Waals surface area contributed by atoms with Crippen LogP contribution in [-0.2, 0) is 0 Å². The molecule has 0 aromatic heterocycles. The van der Waals surface area contributed by atoms with Gasteiger partial charge in [0.25, 0.3) is 0 Å². The van der Waals surface area contributed by atoms with Crippen LogP contribution in [0.5, 0.6) is 5.75 Å². The number of halogens is 2. The summed E-state index contributed by atoms with van der Waals surface area (Å²) in [7, 11) is -0.175. The molecule has 0 aliphatic heterocycles. The van der Waals surface area contributed by atoms with E-state index >= 15 is 0 Å². The van der Waals surface area contributed by atoms with Crippen LogP contribution in [0.15, 0.2) is 16.6 Å². The zero-order valence-corrected chi connectivity index (χ0v) is 9.13. The van der Waals surface area contributed by atoms with Crippen molar-refractivity contribution in [3.05, 3.63) is 21.6 Å². The summed E-state index contributed by atoms with van der Waals surface area (Å²) in [6.07, 6.45) is 0. The molecule has 0 spiro atoms. The van der Waals surface area contributed by atoms with Crippen molar-refractivity contribution in [1.29, 1.82) is 0 Å². The van der Waals surface area contributed by atoms with E-state index in [0.29, 0.717) is 9.50 Å². The second-order valence-electron chi connectivity index (χ2n) is 2.38. The van der Waals surface area contributed by atoms with Crippen LogP contribution in [0.4, 0.5) is 0 Å². The van der Waals surface area contributed by atoms with Gasteiger partial charge < -0.3 is 14.8 Å². The molecule has 1 aromatic rings. The van der Waals surface area contributed by atoms with Crippen molar-refractivity contribution in [2.45, 2.75) is 0 Å². The van der Waals surface area contributed by atoms with Crippen molar-refractivity contribution in [2.75, 3.05) is 7.11 Å². The molecule has 0 amide bonds. The van der Waals surface area contributed by atoms with E-state index in [9.17, 15) is 0 Å². The first kappa shape index (κ1) is 10.9. The molecule has 1 aromatic carbocycles. The van der Waals surface area contributed by atoms with Gasteiger partial charge in [-0.05, 0) is 12.1 Å². The molecule has 0 radical (unpaired) electrons. The van der Waals surface area contributed by atoms with Crippen molar-refractivity contribution >= 4 is 40.1 Å². The Labute approximate surface area is 89.6 Å². The number of ether oxygens (including phenoxy) is 1. The fourth-order valence-electron chi connectivity index (χ4n) is 0.987. The van der Waals surface area contributed by atoms with Crippen LogP contribution in [0.2, 0.25) is 5.02 Å². The van der Waals surface area contributed by atoms with E-state index in [2.05, 4.69) is 15.9 Å². The second-order valence-corrected chi connectivity index (χ2v) is 3.71. The summed E-state index contributed by atoms with van der Waals surface area (Å²) >= 11 is 8.98. The molecule has 0 aliphatic carbocycles. The van der Waals surface area contributed by atoms with Crippen molar-refractivity contribution in [3.8, 4) is 5.75 Å². The Morgan fingerprint density at radius 1 is 1.46 bits per heavy atom. The third-order valence-corrected chi connectivity index (χ3v) is 2.26.